The van der Waals surface area contributed by atoms with Gasteiger partial charge >= 0.3 is 6.03 Å². The molecular weight excluding hydrogens is 350 g/mol. The number of halogens is 1. The highest BCUT2D eigenvalue weighted by Gasteiger charge is 2.34. The Morgan fingerprint density at radius 2 is 1.58 bits per heavy atom. The van der Waals surface area contributed by atoms with Crippen LogP contribution in [0.5, 0.6) is 0 Å². The first-order valence-electron chi connectivity index (χ1n) is 9.65. The van der Waals surface area contributed by atoms with Crippen molar-refractivity contribution in [2.45, 2.75) is 64.0 Å². The smallest absolute Gasteiger partial charge is 0.322 e. The molecule has 1 aromatic rings. The molecule has 0 atom stereocenters. The average molecular weight is 378 g/mol. The number of rotatable bonds is 3. The lowest BCUT2D eigenvalue weighted by molar-refractivity contribution is -0.130. The van der Waals surface area contributed by atoms with Gasteiger partial charge in [-0.2, -0.15) is 0 Å². The lowest BCUT2D eigenvalue weighted by Crippen LogP contribution is -2.54. The third-order valence-electron chi connectivity index (χ3n) is 5.60. The van der Waals surface area contributed by atoms with E-state index >= 15 is 0 Å². The molecule has 3 rings (SSSR count). The molecule has 1 N–H and O–H groups in total. The van der Waals surface area contributed by atoms with Gasteiger partial charge in [-0.15, -0.1) is 0 Å². The van der Waals surface area contributed by atoms with Crippen molar-refractivity contribution in [2.75, 3.05) is 18.4 Å². The SMILES string of the molecule is CC(=O)N1CCC(N(C(=O)Nc2ccc(Cl)cc2)C2CCCCC2)CC1. The van der Waals surface area contributed by atoms with E-state index in [4.69, 9.17) is 11.6 Å². The molecule has 0 spiro atoms. The van der Waals surface area contributed by atoms with Gasteiger partial charge in [0.1, 0.15) is 0 Å². The second-order valence-electron chi connectivity index (χ2n) is 7.37. The van der Waals surface area contributed by atoms with Crippen LogP contribution in [-0.4, -0.2) is 46.9 Å². The number of hydrogen-bond acceptors (Lipinski definition) is 2. The van der Waals surface area contributed by atoms with Crippen LogP contribution in [0.4, 0.5) is 10.5 Å². The predicted octanol–water partition coefficient (Wildman–Crippen LogP) is 4.52. The summed E-state index contributed by atoms with van der Waals surface area (Å²) in [6.07, 6.45) is 7.46. The molecule has 142 valence electrons. The zero-order valence-electron chi connectivity index (χ0n) is 15.4. The second kappa shape index (κ2) is 8.76. The third-order valence-corrected chi connectivity index (χ3v) is 5.85. The van der Waals surface area contributed by atoms with E-state index in [0.29, 0.717) is 11.1 Å². The Morgan fingerprint density at radius 1 is 1.00 bits per heavy atom. The Bertz CT molecular complexity index is 620. The second-order valence-corrected chi connectivity index (χ2v) is 7.81. The summed E-state index contributed by atoms with van der Waals surface area (Å²) in [5, 5.41) is 3.70. The Balaban J connectivity index is 1.71. The van der Waals surface area contributed by atoms with Crippen LogP contribution in [0.15, 0.2) is 24.3 Å². The molecule has 26 heavy (non-hydrogen) atoms. The Hall–Kier alpha value is -1.75. The highest BCUT2D eigenvalue weighted by molar-refractivity contribution is 6.30. The lowest BCUT2D eigenvalue weighted by Gasteiger charge is -2.43. The molecule has 2 aliphatic rings. The van der Waals surface area contributed by atoms with Crippen LogP contribution in [0.2, 0.25) is 5.02 Å². The molecule has 0 aromatic heterocycles. The first-order chi connectivity index (χ1) is 12.5. The molecule has 1 aliphatic carbocycles. The molecule has 6 heteroatoms. The number of anilines is 1. The summed E-state index contributed by atoms with van der Waals surface area (Å²) in [6.45, 7) is 3.08. The maximum Gasteiger partial charge on any atom is 0.322 e. The molecule has 1 saturated carbocycles. The standard InChI is InChI=1S/C20H28ClN3O2/c1-15(25)23-13-11-19(12-14-23)24(18-5-3-2-4-6-18)20(26)22-17-9-7-16(21)8-10-17/h7-10,18-19H,2-6,11-14H2,1H3,(H,22,26). The van der Waals surface area contributed by atoms with Crippen molar-refractivity contribution >= 4 is 29.2 Å². The fraction of sp³-hybridized carbons (Fsp3) is 0.600. The Labute approximate surface area is 160 Å². The number of amides is 3. The highest BCUT2D eigenvalue weighted by Crippen LogP contribution is 2.29. The summed E-state index contributed by atoms with van der Waals surface area (Å²) in [7, 11) is 0. The molecule has 1 saturated heterocycles. The summed E-state index contributed by atoms with van der Waals surface area (Å²) in [4.78, 5) is 28.7. The zero-order valence-corrected chi connectivity index (χ0v) is 16.2. The van der Waals surface area contributed by atoms with Crippen molar-refractivity contribution in [1.82, 2.24) is 9.80 Å². The molecule has 3 amide bonds. The van der Waals surface area contributed by atoms with Crippen LogP contribution in [0.1, 0.15) is 51.9 Å². The van der Waals surface area contributed by atoms with Crippen LogP contribution < -0.4 is 5.32 Å². The van der Waals surface area contributed by atoms with Crippen molar-refractivity contribution < 1.29 is 9.59 Å². The van der Waals surface area contributed by atoms with Crippen LogP contribution in [0.25, 0.3) is 0 Å². The van der Waals surface area contributed by atoms with Crippen LogP contribution in [0.3, 0.4) is 0 Å². The van der Waals surface area contributed by atoms with E-state index in [1.807, 2.05) is 17.0 Å². The summed E-state index contributed by atoms with van der Waals surface area (Å²) in [6, 6.07) is 7.70. The summed E-state index contributed by atoms with van der Waals surface area (Å²) < 4.78 is 0. The van der Waals surface area contributed by atoms with Crippen molar-refractivity contribution in [1.29, 1.82) is 0 Å². The molecule has 1 aromatic carbocycles. The number of piperidine rings is 1. The van der Waals surface area contributed by atoms with Gasteiger partial charge in [0.15, 0.2) is 0 Å². The zero-order chi connectivity index (χ0) is 18.5. The van der Waals surface area contributed by atoms with E-state index < -0.39 is 0 Å². The van der Waals surface area contributed by atoms with Gasteiger partial charge in [0.05, 0.1) is 0 Å². The maximum atomic E-state index is 13.1. The van der Waals surface area contributed by atoms with Gasteiger partial charge in [0, 0.05) is 42.8 Å². The Morgan fingerprint density at radius 3 is 2.15 bits per heavy atom. The van der Waals surface area contributed by atoms with Gasteiger partial charge in [-0.05, 0) is 49.9 Å². The fourth-order valence-electron chi connectivity index (χ4n) is 4.17. The monoisotopic (exact) mass is 377 g/mol. The van der Waals surface area contributed by atoms with Crippen LogP contribution in [-0.2, 0) is 4.79 Å². The number of carbonyl (C=O) groups excluding carboxylic acids is 2. The first kappa shape index (κ1) is 19.0. The van der Waals surface area contributed by atoms with E-state index in [-0.39, 0.29) is 18.0 Å². The van der Waals surface area contributed by atoms with E-state index in [9.17, 15) is 9.59 Å². The number of urea groups is 1. The highest BCUT2D eigenvalue weighted by atomic mass is 35.5. The third kappa shape index (κ3) is 4.70. The molecule has 0 bridgehead atoms. The summed E-state index contributed by atoms with van der Waals surface area (Å²) in [5.41, 5.74) is 0.765. The number of hydrogen-bond donors (Lipinski definition) is 1. The number of carbonyl (C=O) groups is 2. The normalized spacial score (nSPS) is 19.2. The van der Waals surface area contributed by atoms with E-state index in [1.54, 1.807) is 19.1 Å². The van der Waals surface area contributed by atoms with Crippen molar-refractivity contribution in [3.63, 3.8) is 0 Å². The summed E-state index contributed by atoms with van der Waals surface area (Å²) in [5.74, 6) is 0.123. The van der Waals surface area contributed by atoms with Crippen LogP contribution >= 0.6 is 11.6 Å². The van der Waals surface area contributed by atoms with E-state index in [1.165, 1.54) is 19.3 Å². The topological polar surface area (TPSA) is 52.7 Å². The van der Waals surface area contributed by atoms with Gasteiger partial charge in [0.25, 0.3) is 0 Å². The van der Waals surface area contributed by atoms with Gasteiger partial charge in [-0.3, -0.25) is 4.79 Å². The molecular formula is C20H28ClN3O2. The van der Waals surface area contributed by atoms with Crippen molar-refractivity contribution in [2.24, 2.45) is 0 Å². The van der Waals surface area contributed by atoms with Gasteiger partial charge in [0.2, 0.25) is 5.91 Å². The van der Waals surface area contributed by atoms with Crippen molar-refractivity contribution in [3.8, 4) is 0 Å². The minimum atomic E-state index is -0.0273. The molecule has 0 radical (unpaired) electrons. The number of nitrogens with one attached hydrogen (secondary N) is 1. The predicted molar refractivity (Wildman–Crippen MR) is 104 cm³/mol. The maximum absolute atomic E-state index is 13.1. The fourth-order valence-corrected chi connectivity index (χ4v) is 4.30. The average Bonchev–Trinajstić information content (AvgIpc) is 2.65. The molecule has 0 unspecified atom stereocenters. The van der Waals surface area contributed by atoms with E-state index in [0.717, 1.165) is 44.5 Å². The molecule has 1 aliphatic heterocycles. The molecule has 5 nitrogen and oxygen atoms in total. The number of likely N-dealkylation sites (tertiary alicyclic amines) is 1. The van der Waals surface area contributed by atoms with E-state index in [2.05, 4.69) is 10.2 Å². The largest absolute Gasteiger partial charge is 0.343 e. The van der Waals surface area contributed by atoms with Crippen LogP contribution in [0, 0.1) is 0 Å². The lowest BCUT2D eigenvalue weighted by atomic mass is 9.91. The minimum Gasteiger partial charge on any atom is -0.343 e. The van der Waals surface area contributed by atoms with Gasteiger partial charge < -0.3 is 15.1 Å². The molecule has 1 heterocycles. The summed E-state index contributed by atoms with van der Waals surface area (Å²) >= 11 is 5.94. The number of benzene rings is 1. The Kier molecular flexibility index (Phi) is 6.41. The van der Waals surface area contributed by atoms with Gasteiger partial charge in [-0.1, -0.05) is 30.9 Å². The number of nitrogens with zero attached hydrogens (tertiary/aromatic N) is 2. The quantitative estimate of drug-likeness (QED) is 0.842. The molecule has 2 fully saturated rings. The van der Waals surface area contributed by atoms with Crippen molar-refractivity contribution in [3.05, 3.63) is 29.3 Å². The first-order valence-corrected chi connectivity index (χ1v) is 10.0. The van der Waals surface area contributed by atoms with Gasteiger partial charge in [-0.25, -0.2) is 4.79 Å². The minimum absolute atomic E-state index is 0.0273.